The lowest BCUT2D eigenvalue weighted by Crippen LogP contribution is -2.25. The molecule has 0 spiro atoms. The molecule has 0 saturated carbocycles. The number of imidazole rings is 1. The lowest BCUT2D eigenvalue weighted by Gasteiger charge is -2.10. The number of fused-ring (bicyclic) bond motifs is 1. The van der Waals surface area contributed by atoms with E-state index in [-0.39, 0.29) is 24.7 Å². The maximum atomic E-state index is 12.5. The average molecular weight is 457 g/mol. The SMILES string of the molecule is N=C(N)c1ccc(-c2nc3cc(C(=O)NCCC(=O)O)ccc3n2CCc2ccccn2)cc1. The number of carbonyl (C=O) groups is 2. The fourth-order valence-corrected chi connectivity index (χ4v) is 3.67. The van der Waals surface area contributed by atoms with Crippen LogP contribution in [0.15, 0.2) is 66.9 Å². The smallest absolute Gasteiger partial charge is 0.305 e. The van der Waals surface area contributed by atoms with Crippen LogP contribution in [0.4, 0.5) is 0 Å². The molecule has 0 bridgehead atoms. The van der Waals surface area contributed by atoms with E-state index in [4.69, 9.17) is 21.2 Å². The third-order valence-electron chi connectivity index (χ3n) is 5.41. The number of nitrogens with one attached hydrogen (secondary N) is 2. The van der Waals surface area contributed by atoms with Crippen LogP contribution in [0.3, 0.4) is 0 Å². The van der Waals surface area contributed by atoms with Crippen molar-refractivity contribution in [3.8, 4) is 11.4 Å². The Morgan fingerprint density at radius 1 is 1.06 bits per heavy atom. The molecule has 2 heterocycles. The average Bonchev–Trinajstić information content (AvgIpc) is 3.21. The molecule has 1 amide bonds. The fourth-order valence-electron chi connectivity index (χ4n) is 3.67. The predicted molar refractivity (Wildman–Crippen MR) is 129 cm³/mol. The second-order valence-electron chi connectivity index (χ2n) is 7.75. The molecule has 0 unspecified atom stereocenters. The zero-order valence-electron chi connectivity index (χ0n) is 18.4. The van der Waals surface area contributed by atoms with Crippen LogP contribution in [0.2, 0.25) is 0 Å². The van der Waals surface area contributed by atoms with Crippen LogP contribution in [0.25, 0.3) is 22.4 Å². The molecule has 0 atom stereocenters. The van der Waals surface area contributed by atoms with Gasteiger partial charge in [0.2, 0.25) is 0 Å². The zero-order chi connectivity index (χ0) is 24.1. The number of pyridine rings is 1. The highest BCUT2D eigenvalue weighted by atomic mass is 16.4. The minimum Gasteiger partial charge on any atom is -0.481 e. The van der Waals surface area contributed by atoms with E-state index in [1.165, 1.54) is 0 Å². The maximum absolute atomic E-state index is 12.5. The number of rotatable bonds is 9. The summed E-state index contributed by atoms with van der Waals surface area (Å²) in [6, 6.07) is 18.4. The molecule has 4 rings (SSSR count). The van der Waals surface area contributed by atoms with Crippen LogP contribution in [-0.2, 0) is 17.8 Å². The van der Waals surface area contributed by atoms with E-state index in [1.54, 1.807) is 30.5 Å². The molecule has 4 aromatic rings. The lowest BCUT2D eigenvalue weighted by atomic mass is 10.1. The first-order valence-electron chi connectivity index (χ1n) is 10.8. The van der Waals surface area contributed by atoms with Gasteiger partial charge in [0.25, 0.3) is 5.91 Å². The van der Waals surface area contributed by atoms with Gasteiger partial charge in [-0.3, -0.25) is 20.0 Å². The van der Waals surface area contributed by atoms with Gasteiger partial charge in [0.15, 0.2) is 0 Å². The summed E-state index contributed by atoms with van der Waals surface area (Å²) in [6.07, 6.45) is 2.32. The van der Waals surface area contributed by atoms with Crippen molar-refractivity contribution in [3.05, 3.63) is 83.7 Å². The van der Waals surface area contributed by atoms with E-state index < -0.39 is 5.97 Å². The summed E-state index contributed by atoms with van der Waals surface area (Å²) in [6.45, 7) is 0.680. The second-order valence-corrected chi connectivity index (χ2v) is 7.75. The first-order valence-corrected chi connectivity index (χ1v) is 10.8. The summed E-state index contributed by atoms with van der Waals surface area (Å²) in [5.41, 5.74) is 9.95. The number of hydrogen-bond donors (Lipinski definition) is 4. The van der Waals surface area contributed by atoms with Crippen molar-refractivity contribution in [1.82, 2.24) is 19.9 Å². The molecular weight excluding hydrogens is 432 g/mol. The number of benzene rings is 2. The molecule has 2 aromatic heterocycles. The van der Waals surface area contributed by atoms with E-state index in [0.717, 1.165) is 22.6 Å². The molecule has 0 aliphatic heterocycles. The number of carboxylic acids is 1. The summed E-state index contributed by atoms with van der Waals surface area (Å²) in [5, 5.41) is 19.0. The van der Waals surface area contributed by atoms with E-state index >= 15 is 0 Å². The molecule has 9 nitrogen and oxygen atoms in total. The van der Waals surface area contributed by atoms with Gasteiger partial charge < -0.3 is 20.7 Å². The first kappa shape index (κ1) is 22.7. The Labute approximate surface area is 195 Å². The minimum atomic E-state index is -0.970. The third kappa shape index (κ3) is 5.09. The van der Waals surface area contributed by atoms with Crippen molar-refractivity contribution in [2.24, 2.45) is 5.73 Å². The third-order valence-corrected chi connectivity index (χ3v) is 5.41. The van der Waals surface area contributed by atoms with Gasteiger partial charge >= 0.3 is 5.97 Å². The summed E-state index contributed by atoms with van der Waals surface area (Å²) in [7, 11) is 0. The highest BCUT2D eigenvalue weighted by Gasteiger charge is 2.16. The topological polar surface area (TPSA) is 147 Å². The predicted octanol–water partition coefficient (Wildman–Crippen LogP) is 2.83. The molecule has 34 heavy (non-hydrogen) atoms. The molecule has 0 fully saturated rings. The monoisotopic (exact) mass is 456 g/mol. The quantitative estimate of drug-likeness (QED) is 0.225. The highest BCUT2D eigenvalue weighted by molar-refractivity contribution is 5.98. The van der Waals surface area contributed by atoms with Gasteiger partial charge in [-0.2, -0.15) is 0 Å². The summed E-state index contributed by atoms with van der Waals surface area (Å²) >= 11 is 0. The zero-order valence-corrected chi connectivity index (χ0v) is 18.4. The number of carbonyl (C=O) groups excluding carboxylic acids is 1. The molecule has 0 aliphatic rings. The summed E-state index contributed by atoms with van der Waals surface area (Å²) in [4.78, 5) is 32.4. The van der Waals surface area contributed by atoms with Gasteiger partial charge in [0.05, 0.1) is 17.5 Å². The normalized spacial score (nSPS) is 10.8. The van der Waals surface area contributed by atoms with E-state index in [1.807, 2.05) is 36.4 Å². The van der Waals surface area contributed by atoms with E-state index in [9.17, 15) is 9.59 Å². The van der Waals surface area contributed by atoms with Crippen LogP contribution in [0, 0.1) is 5.41 Å². The Morgan fingerprint density at radius 2 is 1.82 bits per heavy atom. The maximum Gasteiger partial charge on any atom is 0.305 e. The number of amidine groups is 1. The number of aryl methyl sites for hydroxylation is 2. The number of amides is 1. The molecule has 9 heteroatoms. The molecule has 0 saturated heterocycles. The number of hydrogen-bond acceptors (Lipinski definition) is 5. The Morgan fingerprint density at radius 3 is 2.50 bits per heavy atom. The van der Waals surface area contributed by atoms with Gasteiger partial charge in [-0.25, -0.2) is 4.98 Å². The van der Waals surface area contributed by atoms with Crippen LogP contribution < -0.4 is 11.1 Å². The van der Waals surface area contributed by atoms with Crippen molar-refractivity contribution < 1.29 is 14.7 Å². The van der Waals surface area contributed by atoms with Crippen LogP contribution in [0.5, 0.6) is 0 Å². The second kappa shape index (κ2) is 9.95. The summed E-state index contributed by atoms with van der Waals surface area (Å²) < 4.78 is 2.08. The fraction of sp³-hybridized carbons (Fsp3) is 0.160. The minimum absolute atomic E-state index is 0.00578. The van der Waals surface area contributed by atoms with E-state index in [2.05, 4.69) is 14.9 Å². The summed E-state index contributed by atoms with van der Waals surface area (Å²) in [5.74, 6) is -0.598. The molecule has 2 aromatic carbocycles. The van der Waals surface area contributed by atoms with Crippen molar-refractivity contribution in [1.29, 1.82) is 5.41 Å². The number of aromatic nitrogens is 3. The van der Waals surface area contributed by atoms with Crippen LogP contribution in [-0.4, -0.2) is 43.9 Å². The van der Waals surface area contributed by atoms with Gasteiger partial charge in [-0.05, 0) is 30.3 Å². The van der Waals surface area contributed by atoms with Crippen molar-refractivity contribution >= 4 is 28.7 Å². The molecule has 0 aliphatic carbocycles. The van der Waals surface area contributed by atoms with Crippen LogP contribution in [0.1, 0.15) is 28.0 Å². The van der Waals surface area contributed by atoms with Crippen molar-refractivity contribution in [2.45, 2.75) is 19.4 Å². The Hall–Kier alpha value is -4.53. The highest BCUT2D eigenvalue weighted by Crippen LogP contribution is 2.26. The first-order chi connectivity index (χ1) is 16.4. The number of carboxylic acid groups (broad SMARTS) is 1. The van der Waals surface area contributed by atoms with Gasteiger partial charge in [-0.15, -0.1) is 0 Å². The Bertz CT molecular complexity index is 1350. The van der Waals surface area contributed by atoms with Crippen LogP contribution >= 0.6 is 0 Å². The van der Waals surface area contributed by atoms with Gasteiger partial charge in [0, 0.05) is 48.1 Å². The largest absolute Gasteiger partial charge is 0.481 e. The number of aliphatic carboxylic acids is 1. The number of nitrogens with two attached hydrogens (primary N) is 1. The standard InChI is InChI=1S/C25H24N6O3/c26-23(27)16-4-6-17(7-5-16)24-30-20-15-18(25(34)29-13-10-22(32)33)8-9-21(20)31(24)14-11-19-3-1-2-12-28-19/h1-9,12,15H,10-11,13-14H2,(H3,26,27)(H,29,34)(H,32,33). The molecule has 0 radical (unpaired) electrons. The molecule has 5 N–H and O–H groups in total. The lowest BCUT2D eigenvalue weighted by molar-refractivity contribution is -0.136. The van der Waals surface area contributed by atoms with Gasteiger partial charge in [0.1, 0.15) is 11.7 Å². The molecular formula is C25H24N6O3. The van der Waals surface area contributed by atoms with Crippen molar-refractivity contribution in [2.75, 3.05) is 6.54 Å². The van der Waals surface area contributed by atoms with E-state index in [0.29, 0.717) is 29.6 Å². The number of nitrogen functional groups attached to an aromatic ring is 1. The Balaban J connectivity index is 1.69. The van der Waals surface area contributed by atoms with Gasteiger partial charge in [-0.1, -0.05) is 30.3 Å². The number of nitrogens with zero attached hydrogens (tertiary/aromatic N) is 3. The Kier molecular flexibility index (Phi) is 6.63. The molecule has 172 valence electrons. The van der Waals surface area contributed by atoms with Crippen molar-refractivity contribution in [3.63, 3.8) is 0 Å².